The first-order valence-corrected chi connectivity index (χ1v) is 9.60. The zero-order valence-corrected chi connectivity index (χ0v) is 16.0. The van der Waals surface area contributed by atoms with Crippen LogP contribution in [0.25, 0.3) is 11.5 Å². The number of hydrogen-bond acceptors (Lipinski definition) is 5. The lowest BCUT2D eigenvalue weighted by Gasteiger charge is -2.11. The Labute approximate surface area is 157 Å². The Morgan fingerprint density at radius 1 is 1.22 bits per heavy atom. The fourth-order valence-corrected chi connectivity index (χ4v) is 3.43. The molecule has 0 atom stereocenters. The van der Waals surface area contributed by atoms with Crippen LogP contribution in [0.3, 0.4) is 0 Å². The van der Waals surface area contributed by atoms with Crippen molar-refractivity contribution >= 4 is 15.9 Å². The highest BCUT2D eigenvalue weighted by Gasteiger charge is 2.17. The van der Waals surface area contributed by atoms with Crippen molar-refractivity contribution in [3.63, 3.8) is 0 Å². The van der Waals surface area contributed by atoms with Gasteiger partial charge >= 0.3 is 0 Å². The van der Waals surface area contributed by atoms with Gasteiger partial charge in [0.15, 0.2) is 5.76 Å². The summed E-state index contributed by atoms with van der Waals surface area (Å²) in [5.74, 6) is 0.384. The largest absolute Gasteiger partial charge is 0.463 e. The van der Waals surface area contributed by atoms with Gasteiger partial charge in [-0.3, -0.25) is 9.48 Å². The Morgan fingerprint density at radius 3 is 2.52 bits per heavy atom. The average Bonchev–Trinajstić information content (AvgIpc) is 3.29. The van der Waals surface area contributed by atoms with E-state index in [2.05, 4.69) is 10.4 Å². The van der Waals surface area contributed by atoms with Crippen LogP contribution in [0.1, 0.15) is 16.1 Å². The molecule has 0 aliphatic rings. The third kappa shape index (κ3) is 3.93. The van der Waals surface area contributed by atoms with Gasteiger partial charge in [-0.25, -0.2) is 12.7 Å². The van der Waals surface area contributed by atoms with Gasteiger partial charge in [-0.2, -0.15) is 5.10 Å². The second kappa shape index (κ2) is 7.37. The van der Waals surface area contributed by atoms with Crippen molar-refractivity contribution in [2.45, 2.75) is 11.4 Å². The summed E-state index contributed by atoms with van der Waals surface area (Å²) in [4.78, 5) is 12.4. The van der Waals surface area contributed by atoms with Crippen molar-refractivity contribution in [2.24, 2.45) is 7.05 Å². The summed E-state index contributed by atoms with van der Waals surface area (Å²) >= 11 is 0. The van der Waals surface area contributed by atoms with Gasteiger partial charge in [0.1, 0.15) is 5.69 Å². The minimum Gasteiger partial charge on any atom is -0.463 e. The molecule has 0 spiro atoms. The van der Waals surface area contributed by atoms with E-state index in [9.17, 15) is 13.2 Å². The van der Waals surface area contributed by atoms with Crippen molar-refractivity contribution in [1.29, 1.82) is 0 Å². The number of carbonyl (C=O) groups is 1. The fraction of sp³-hybridized carbons (Fsp3) is 0.222. The van der Waals surface area contributed by atoms with Gasteiger partial charge < -0.3 is 9.73 Å². The van der Waals surface area contributed by atoms with Crippen LogP contribution in [0.4, 0.5) is 0 Å². The molecule has 1 N–H and O–H groups in total. The molecule has 0 saturated carbocycles. The highest BCUT2D eigenvalue weighted by atomic mass is 32.2. The van der Waals surface area contributed by atoms with E-state index in [0.29, 0.717) is 17.0 Å². The minimum atomic E-state index is -3.52. The van der Waals surface area contributed by atoms with E-state index in [0.717, 1.165) is 10.00 Å². The second-order valence-electron chi connectivity index (χ2n) is 6.12. The van der Waals surface area contributed by atoms with Gasteiger partial charge in [-0.15, -0.1) is 0 Å². The van der Waals surface area contributed by atoms with Crippen molar-refractivity contribution < 1.29 is 17.6 Å². The first kappa shape index (κ1) is 18.9. The Morgan fingerprint density at radius 2 is 1.93 bits per heavy atom. The smallest absolute Gasteiger partial charge is 0.251 e. The number of aryl methyl sites for hydroxylation is 1. The number of nitrogens with zero attached hydrogens (tertiary/aromatic N) is 3. The molecule has 1 amide bonds. The van der Waals surface area contributed by atoms with Crippen molar-refractivity contribution in [1.82, 2.24) is 19.4 Å². The predicted molar refractivity (Wildman–Crippen MR) is 99.4 cm³/mol. The summed E-state index contributed by atoms with van der Waals surface area (Å²) in [5.41, 5.74) is 1.86. The molecule has 8 nitrogen and oxygen atoms in total. The van der Waals surface area contributed by atoms with Crippen LogP contribution in [0.2, 0.25) is 0 Å². The van der Waals surface area contributed by atoms with Crippen molar-refractivity contribution in [3.05, 3.63) is 60.0 Å². The van der Waals surface area contributed by atoms with Gasteiger partial charge in [-0.1, -0.05) is 0 Å². The molecule has 0 unspecified atom stereocenters. The maximum absolute atomic E-state index is 12.3. The van der Waals surface area contributed by atoms with Crippen molar-refractivity contribution in [2.75, 3.05) is 14.1 Å². The van der Waals surface area contributed by atoms with Gasteiger partial charge in [-0.05, 0) is 42.5 Å². The zero-order valence-electron chi connectivity index (χ0n) is 15.2. The molecular formula is C18H20N4O4S. The number of hydrogen-bond donors (Lipinski definition) is 1. The number of aromatic nitrogens is 2. The quantitative estimate of drug-likeness (QED) is 0.695. The Bertz CT molecular complexity index is 1040. The molecule has 0 aliphatic carbocycles. The molecule has 0 bridgehead atoms. The monoisotopic (exact) mass is 388 g/mol. The van der Waals surface area contributed by atoms with E-state index in [-0.39, 0.29) is 17.3 Å². The molecule has 0 aliphatic heterocycles. The van der Waals surface area contributed by atoms with Crippen LogP contribution in [-0.2, 0) is 23.6 Å². The third-order valence-corrected chi connectivity index (χ3v) is 5.86. The third-order valence-electron chi connectivity index (χ3n) is 4.03. The summed E-state index contributed by atoms with van der Waals surface area (Å²) in [6, 6.07) is 11.3. The molecular weight excluding hydrogens is 368 g/mol. The molecule has 142 valence electrons. The standard InChI is InChI=1S/C18H20N4O4S/c1-21(2)27(24,25)15-8-6-13(7-9-15)18(23)19-12-14-11-16(22(3)20-14)17-5-4-10-26-17/h4-11H,12H2,1-3H3,(H,19,23). The van der Waals surface area contributed by atoms with Crippen LogP contribution in [-0.4, -0.2) is 42.5 Å². The van der Waals surface area contributed by atoms with Crippen LogP contribution in [0, 0.1) is 0 Å². The van der Waals surface area contributed by atoms with Crippen LogP contribution in [0.15, 0.2) is 58.0 Å². The number of amides is 1. The highest BCUT2D eigenvalue weighted by molar-refractivity contribution is 7.89. The predicted octanol–water partition coefficient (Wildman–Crippen LogP) is 1.86. The number of benzene rings is 1. The van der Waals surface area contributed by atoms with E-state index >= 15 is 0 Å². The van der Waals surface area contributed by atoms with Gasteiger partial charge in [0, 0.05) is 26.7 Å². The summed E-state index contributed by atoms with van der Waals surface area (Å²) in [7, 11) is 1.20. The SMILES string of the molecule is CN(C)S(=O)(=O)c1ccc(C(=O)NCc2cc(-c3ccco3)n(C)n2)cc1. The molecule has 0 saturated heterocycles. The molecule has 0 fully saturated rings. The number of sulfonamides is 1. The van der Waals surface area contributed by atoms with E-state index in [4.69, 9.17) is 4.42 Å². The summed E-state index contributed by atoms with van der Waals surface area (Å²) in [6.07, 6.45) is 1.59. The molecule has 1 aromatic carbocycles. The van der Waals surface area contributed by atoms with E-state index < -0.39 is 10.0 Å². The van der Waals surface area contributed by atoms with Crippen LogP contribution in [0.5, 0.6) is 0 Å². The first-order chi connectivity index (χ1) is 12.8. The maximum Gasteiger partial charge on any atom is 0.251 e. The topological polar surface area (TPSA) is 97.4 Å². The normalized spacial score (nSPS) is 11.7. The average molecular weight is 388 g/mol. The first-order valence-electron chi connectivity index (χ1n) is 8.16. The number of nitrogens with one attached hydrogen (secondary N) is 1. The highest BCUT2D eigenvalue weighted by Crippen LogP contribution is 2.20. The summed E-state index contributed by atoms with van der Waals surface area (Å²) in [6.45, 7) is 0.241. The lowest BCUT2D eigenvalue weighted by molar-refractivity contribution is 0.0950. The van der Waals surface area contributed by atoms with Gasteiger partial charge in [0.2, 0.25) is 10.0 Å². The number of rotatable bonds is 6. The van der Waals surface area contributed by atoms with Crippen LogP contribution < -0.4 is 5.32 Å². The summed E-state index contributed by atoms with van der Waals surface area (Å²) in [5, 5.41) is 7.13. The molecule has 3 aromatic rings. The molecule has 2 aromatic heterocycles. The molecule has 2 heterocycles. The Kier molecular flexibility index (Phi) is 5.15. The zero-order chi connectivity index (χ0) is 19.6. The lowest BCUT2D eigenvalue weighted by atomic mass is 10.2. The van der Waals surface area contributed by atoms with Crippen LogP contribution >= 0.6 is 0 Å². The molecule has 0 radical (unpaired) electrons. The molecule has 27 heavy (non-hydrogen) atoms. The number of carbonyl (C=O) groups excluding carboxylic acids is 1. The maximum atomic E-state index is 12.3. The number of furan rings is 1. The van der Waals surface area contributed by atoms with E-state index in [1.165, 1.54) is 38.4 Å². The van der Waals surface area contributed by atoms with Gasteiger partial charge in [0.05, 0.1) is 23.4 Å². The van der Waals surface area contributed by atoms with E-state index in [1.807, 2.05) is 12.1 Å². The lowest BCUT2D eigenvalue weighted by Crippen LogP contribution is -2.24. The van der Waals surface area contributed by atoms with Gasteiger partial charge in [0.25, 0.3) is 5.91 Å². The summed E-state index contributed by atoms with van der Waals surface area (Å²) < 4.78 is 32.3. The fourth-order valence-electron chi connectivity index (χ4n) is 2.53. The Hall–Kier alpha value is -2.91. The minimum absolute atomic E-state index is 0.136. The molecule has 9 heteroatoms. The molecule has 3 rings (SSSR count). The second-order valence-corrected chi connectivity index (χ2v) is 8.27. The van der Waals surface area contributed by atoms with E-state index in [1.54, 1.807) is 24.1 Å². The Balaban J connectivity index is 1.67. The van der Waals surface area contributed by atoms with Crippen molar-refractivity contribution in [3.8, 4) is 11.5 Å².